The van der Waals surface area contributed by atoms with Gasteiger partial charge in [0.15, 0.2) is 23.9 Å². The number of nitrogens with zero attached hydrogens (tertiary/aromatic N) is 1. The van der Waals surface area contributed by atoms with Gasteiger partial charge in [-0.3, -0.25) is 0 Å². The maximum atomic E-state index is 11.8. The zero-order chi connectivity index (χ0) is 13.2. The Morgan fingerprint density at radius 1 is 1.32 bits per heavy atom. The van der Waals surface area contributed by atoms with E-state index in [2.05, 4.69) is 5.16 Å². The van der Waals surface area contributed by atoms with Crippen molar-refractivity contribution in [1.29, 1.82) is 0 Å². The third-order valence-electron chi connectivity index (χ3n) is 2.63. The Kier molecular flexibility index (Phi) is 2.83. The molecule has 0 saturated carbocycles. The molecule has 0 unspecified atom stereocenters. The van der Waals surface area contributed by atoms with E-state index in [-0.39, 0.29) is 13.4 Å². The molecule has 2 aromatic rings. The molecular weight excluding hydrogens is 250 g/mol. The first-order valence-electron chi connectivity index (χ1n) is 5.71. The molecule has 0 N–H and O–H groups in total. The van der Waals surface area contributed by atoms with Crippen LogP contribution in [0.2, 0.25) is 0 Å². The van der Waals surface area contributed by atoms with Gasteiger partial charge in [0.1, 0.15) is 0 Å². The number of carbonyl (C=O) groups excluding carboxylic acids is 1. The lowest BCUT2D eigenvalue weighted by Gasteiger charge is -2.03. The fraction of sp³-hybridized carbons (Fsp3) is 0.231. The molecule has 0 radical (unpaired) electrons. The minimum Gasteiger partial charge on any atom is -0.454 e. The molecule has 2 heterocycles. The van der Waals surface area contributed by atoms with Crippen molar-refractivity contribution in [3.63, 3.8) is 0 Å². The van der Waals surface area contributed by atoms with Crippen LogP contribution in [0.25, 0.3) is 0 Å². The number of ether oxygens (including phenoxy) is 3. The fourth-order valence-corrected chi connectivity index (χ4v) is 1.73. The van der Waals surface area contributed by atoms with Crippen molar-refractivity contribution in [2.24, 2.45) is 0 Å². The highest BCUT2D eigenvalue weighted by Gasteiger charge is 2.17. The summed E-state index contributed by atoms with van der Waals surface area (Å²) in [6.45, 7) is 2.02. The summed E-state index contributed by atoms with van der Waals surface area (Å²) >= 11 is 0. The van der Waals surface area contributed by atoms with E-state index >= 15 is 0 Å². The number of rotatable bonds is 3. The van der Waals surface area contributed by atoms with E-state index < -0.39 is 5.97 Å². The quantitative estimate of drug-likeness (QED) is 0.788. The summed E-state index contributed by atoms with van der Waals surface area (Å²) in [7, 11) is 0. The Bertz CT molecular complexity index is 619. The SMILES string of the molecule is Cc1cc(COC(=O)c2ccc3c(c2)OCO3)on1. The van der Waals surface area contributed by atoms with Crippen LogP contribution in [0.4, 0.5) is 0 Å². The molecule has 0 fully saturated rings. The fourth-order valence-electron chi connectivity index (χ4n) is 1.73. The second-order valence-corrected chi connectivity index (χ2v) is 4.08. The molecule has 98 valence electrons. The molecule has 0 atom stereocenters. The van der Waals surface area contributed by atoms with Crippen molar-refractivity contribution in [1.82, 2.24) is 5.16 Å². The summed E-state index contributed by atoms with van der Waals surface area (Å²) in [6.07, 6.45) is 0. The average Bonchev–Trinajstić information content (AvgIpc) is 3.03. The highest BCUT2D eigenvalue weighted by Crippen LogP contribution is 2.32. The lowest BCUT2D eigenvalue weighted by Crippen LogP contribution is -2.04. The Balaban J connectivity index is 1.67. The van der Waals surface area contributed by atoms with Gasteiger partial charge in [0, 0.05) is 6.07 Å². The van der Waals surface area contributed by atoms with Crippen LogP contribution >= 0.6 is 0 Å². The van der Waals surface area contributed by atoms with Crippen LogP contribution < -0.4 is 9.47 Å². The standard InChI is InChI=1S/C13H11NO5/c1-8-4-10(19-14-8)6-16-13(15)9-2-3-11-12(5-9)18-7-17-11/h2-5H,6-7H2,1H3. The van der Waals surface area contributed by atoms with Gasteiger partial charge in [-0.05, 0) is 25.1 Å². The summed E-state index contributed by atoms with van der Waals surface area (Å²) in [5.74, 6) is 1.23. The second kappa shape index (κ2) is 4.64. The Morgan fingerprint density at radius 3 is 2.95 bits per heavy atom. The van der Waals surface area contributed by atoms with Crippen molar-refractivity contribution < 1.29 is 23.5 Å². The molecule has 6 nitrogen and oxygen atoms in total. The molecule has 1 aliphatic rings. The molecule has 19 heavy (non-hydrogen) atoms. The molecular formula is C13H11NO5. The van der Waals surface area contributed by atoms with Crippen molar-refractivity contribution >= 4 is 5.97 Å². The third-order valence-corrected chi connectivity index (χ3v) is 2.63. The first kappa shape index (κ1) is 11.6. The molecule has 3 rings (SSSR count). The highest BCUT2D eigenvalue weighted by atomic mass is 16.7. The molecule has 1 aromatic heterocycles. The normalized spacial score (nSPS) is 12.5. The number of hydrogen-bond donors (Lipinski definition) is 0. The number of benzene rings is 1. The molecule has 0 amide bonds. The van der Waals surface area contributed by atoms with Crippen molar-refractivity contribution in [2.45, 2.75) is 13.5 Å². The van der Waals surface area contributed by atoms with Crippen LogP contribution in [-0.4, -0.2) is 17.9 Å². The molecule has 0 bridgehead atoms. The maximum Gasteiger partial charge on any atom is 0.338 e. The van der Waals surface area contributed by atoms with Gasteiger partial charge in [-0.2, -0.15) is 0 Å². The van der Waals surface area contributed by atoms with E-state index in [9.17, 15) is 4.79 Å². The predicted molar refractivity (Wildman–Crippen MR) is 62.9 cm³/mol. The summed E-state index contributed by atoms with van der Waals surface area (Å²) in [4.78, 5) is 11.8. The first-order chi connectivity index (χ1) is 9.22. The Labute approximate surface area is 108 Å². The second-order valence-electron chi connectivity index (χ2n) is 4.08. The van der Waals surface area contributed by atoms with E-state index in [4.69, 9.17) is 18.7 Å². The topological polar surface area (TPSA) is 70.8 Å². The summed E-state index contributed by atoms with van der Waals surface area (Å²) in [6, 6.07) is 6.61. The van der Waals surface area contributed by atoms with Gasteiger partial charge < -0.3 is 18.7 Å². The maximum absolute atomic E-state index is 11.8. The molecule has 6 heteroatoms. The number of aryl methyl sites for hydroxylation is 1. The monoisotopic (exact) mass is 261 g/mol. The summed E-state index contributed by atoms with van der Waals surface area (Å²) in [5.41, 5.74) is 1.15. The van der Waals surface area contributed by atoms with Crippen LogP contribution in [0.15, 0.2) is 28.8 Å². The number of hydrogen-bond acceptors (Lipinski definition) is 6. The Morgan fingerprint density at radius 2 is 2.16 bits per heavy atom. The molecule has 0 aliphatic carbocycles. The number of carbonyl (C=O) groups is 1. The molecule has 1 aliphatic heterocycles. The van der Waals surface area contributed by atoms with Crippen LogP contribution in [0.1, 0.15) is 21.8 Å². The first-order valence-corrected chi connectivity index (χ1v) is 5.71. The van der Waals surface area contributed by atoms with Crippen molar-refractivity contribution in [2.75, 3.05) is 6.79 Å². The predicted octanol–water partition coefficient (Wildman–Crippen LogP) is 2.07. The van der Waals surface area contributed by atoms with Crippen LogP contribution in [0.3, 0.4) is 0 Å². The van der Waals surface area contributed by atoms with Gasteiger partial charge in [0.05, 0.1) is 11.3 Å². The van der Waals surface area contributed by atoms with Crippen molar-refractivity contribution in [3.8, 4) is 11.5 Å². The van der Waals surface area contributed by atoms with Gasteiger partial charge >= 0.3 is 5.97 Å². The van der Waals surface area contributed by atoms with E-state index in [0.717, 1.165) is 5.69 Å². The largest absolute Gasteiger partial charge is 0.454 e. The van der Waals surface area contributed by atoms with Crippen LogP contribution in [0, 0.1) is 6.92 Å². The smallest absolute Gasteiger partial charge is 0.338 e. The van der Waals surface area contributed by atoms with Crippen molar-refractivity contribution in [3.05, 3.63) is 41.3 Å². The van der Waals surface area contributed by atoms with E-state index in [1.807, 2.05) is 0 Å². The van der Waals surface area contributed by atoms with Crippen LogP contribution in [-0.2, 0) is 11.3 Å². The molecule has 1 aromatic carbocycles. The number of fused-ring (bicyclic) bond motifs is 1. The van der Waals surface area contributed by atoms with Crippen LogP contribution in [0.5, 0.6) is 11.5 Å². The third kappa shape index (κ3) is 2.37. The lowest BCUT2D eigenvalue weighted by molar-refractivity contribution is 0.0437. The highest BCUT2D eigenvalue weighted by molar-refractivity contribution is 5.90. The number of esters is 1. The van der Waals surface area contributed by atoms with Gasteiger partial charge in [-0.15, -0.1) is 0 Å². The van der Waals surface area contributed by atoms with E-state index in [0.29, 0.717) is 22.8 Å². The molecule has 0 saturated heterocycles. The van der Waals surface area contributed by atoms with Gasteiger partial charge in [-0.25, -0.2) is 4.79 Å². The minimum absolute atomic E-state index is 0.0497. The lowest BCUT2D eigenvalue weighted by atomic mass is 10.2. The van der Waals surface area contributed by atoms with Gasteiger partial charge in [0.2, 0.25) is 6.79 Å². The zero-order valence-corrected chi connectivity index (χ0v) is 10.2. The van der Waals surface area contributed by atoms with Gasteiger partial charge in [0.25, 0.3) is 0 Å². The number of aromatic nitrogens is 1. The Hall–Kier alpha value is -2.50. The average molecular weight is 261 g/mol. The zero-order valence-electron chi connectivity index (χ0n) is 10.2. The van der Waals surface area contributed by atoms with E-state index in [1.54, 1.807) is 31.2 Å². The summed E-state index contributed by atoms with van der Waals surface area (Å²) < 4.78 is 20.4. The molecule has 0 spiro atoms. The van der Waals surface area contributed by atoms with E-state index in [1.165, 1.54) is 0 Å². The minimum atomic E-state index is -0.452. The van der Waals surface area contributed by atoms with Gasteiger partial charge in [-0.1, -0.05) is 5.16 Å². The summed E-state index contributed by atoms with van der Waals surface area (Å²) in [5, 5.41) is 3.71.